The van der Waals surface area contributed by atoms with Gasteiger partial charge in [-0.25, -0.2) is 0 Å². The predicted molar refractivity (Wildman–Crippen MR) is 105 cm³/mol. The van der Waals surface area contributed by atoms with Gasteiger partial charge in [-0.1, -0.05) is 24.3 Å². The first kappa shape index (κ1) is 21.1. The number of rotatable bonds is 12. The summed E-state index contributed by atoms with van der Waals surface area (Å²) >= 11 is 0. The number of benzene rings is 1. The van der Waals surface area contributed by atoms with E-state index in [9.17, 15) is 0 Å². The van der Waals surface area contributed by atoms with E-state index >= 15 is 0 Å². The highest BCUT2D eigenvalue weighted by atomic mass is 15.1. The molecule has 0 aliphatic rings. The van der Waals surface area contributed by atoms with Crippen LogP contribution in [0.2, 0.25) is 0 Å². The summed E-state index contributed by atoms with van der Waals surface area (Å²) in [6.45, 7) is 6.67. The number of hydrogen-bond acceptors (Lipinski definition) is 4. The minimum absolute atomic E-state index is 1.03. The van der Waals surface area contributed by atoms with Gasteiger partial charge in [-0.2, -0.15) is 0 Å². The molecule has 4 heteroatoms. The van der Waals surface area contributed by atoms with E-state index in [-0.39, 0.29) is 0 Å². The van der Waals surface area contributed by atoms with Crippen LogP contribution in [0.15, 0.2) is 24.3 Å². The maximum atomic E-state index is 2.42. The number of hydrogen-bond donors (Lipinski definition) is 0. The van der Waals surface area contributed by atoms with Crippen molar-refractivity contribution in [2.75, 3.05) is 68.5 Å². The molecule has 0 aliphatic heterocycles. The fraction of sp³-hybridized carbons (Fsp3) is 0.700. The molecule has 138 valence electrons. The SMILES string of the molecule is CN(C)CCCN(C)Cc1cccc(CN(C)CCCN(C)C)c1. The summed E-state index contributed by atoms with van der Waals surface area (Å²) < 4.78 is 0. The Hall–Kier alpha value is -0.940. The molecule has 0 saturated carbocycles. The van der Waals surface area contributed by atoms with Gasteiger partial charge < -0.3 is 19.6 Å². The van der Waals surface area contributed by atoms with Gasteiger partial charge >= 0.3 is 0 Å². The topological polar surface area (TPSA) is 13.0 Å². The summed E-state index contributed by atoms with van der Waals surface area (Å²) in [6.07, 6.45) is 2.44. The van der Waals surface area contributed by atoms with Crippen molar-refractivity contribution in [1.82, 2.24) is 19.6 Å². The summed E-state index contributed by atoms with van der Waals surface area (Å²) in [5, 5.41) is 0. The third-order valence-corrected chi connectivity index (χ3v) is 4.19. The second-order valence-electron chi connectivity index (χ2n) is 7.61. The Labute approximate surface area is 150 Å². The summed E-state index contributed by atoms with van der Waals surface area (Å²) in [6, 6.07) is 9.06. The first-order chi connectivity index (χ1) is 11.4. The smallest absolute Gasteiger partial charge is 0.0230 e. The lowest BCUT2D eigenvalue weighted by Gasteiger charge is -2.20. The van der Waals surface area contributed by atoms with E-state index in [2.05, 4.69) is 86.2 Å². The van der Waals surface area contributed by atoms with Crippen LogP contribution in [-0.2, 0) is 13.1 Å². The molecule has 0 aliphatic carbocycles. The monoisotopic (exact) mass is 334 g/mol. The van der Waals surface area contributed by atoms with Crippen molar-refractivity contribution in [1.29, 1.82) is 0 Å². The highest BCUT2D eigenvalue weighted by Gasteiger charge is 2.04. The predicted octanol–water partition coefficient (Wildman–Crippen LogP) is 2.45. The normalized spacial score (nSPS) is 12.1. The zero-order valence-electron chi connectivity index (χ0n) is 16.8. The van der Waals surface area contributed by atoms with Crippen molar-refractivity contribution in [2.24, 2.45) is 0 Å². The lowest BCUT2D eigenvalue weighted by Crippen LogP contribution is -2.24. The molecule has 0 saturated heterocycles. The van der Waals surface area contributed by atoms with Crippen LogP contribution < -0.4 is 0 Å². The van der Waals surface area contributed by atoms with Crippen molar-refractivity contribution < 1.29 is 0 Å². The summed E-state index contributed by atoms with van der Waals surface area (Å²) in [4.78, 5) is 9.34. The van der Waals surface area contributed by atoms with Crippen LogP contribution in [0.5, 0.6) is 0 Å². The Morgan fingerprint density at radius 1 is 0.625 bits per heavy atom. The van der Waals surface area contributed by atoms with Crippen LogP contribution in [0.25, 0.3) is 0 Å². The van der Waals surface area contributed by atoms with Crippen molar-refractivity contribution >= 4 is 0 Å². The molecule has 0 bridgehead atoms. The van der Waals surface area contributed by atoms with Gasteiger partial charge in [0.2, 0.25) is 0 Å². The molecule has 0 unspecified atom stereocenters. The van der Waals surface area contributed by atoms with Crippen LogP contribution in [0, 0.1) is 0 Å². The standard InChI is InChI=1S/C20H38N4/c1-21(2)12-8-14-23(5)17-19-10-7-11-20(16-19)18-24(6)15-9-13-22(3)4/h7,10-11,16H,8-9,12-15,17-18H2,1-6H3. The van der Waals surface area contributed by atoms with Gasteiger partial charge in [-0.3, -0.25) is 0 Å². The third-order valence-electron chi connectivity index (χ3n) is 4.19. The lowest BCUT2D eigenvalue weighted by molar-refractivity contribution is 0.291. The van der Waals surface area contributed by atoms with Gasteiger partial charge in [0.25, 0.3) is 0 Å². The average Bonchev–Trinajstić information content (AvgIpc) is 2.46. The highest BCUT2D eigenvalue weighted by Crippen LogP contribution is 2.10. The average molecular weight is 335 g/mol. The van der Waals surface area contributed by atoms with E-state index in [1.54, 1.807) is 0 Å². The third kappa shape index (κ3) is 10.0. The minimum atomic E-state index is 1.03. The minimum Gasteiger partial charge on any atom is -0.309 e. The van der Waals surface area contributed by atoms with Crippen molar-refractivity contribution in [2.45, 2.75) is 25.9 Å². The molecule has 1 aromatic carbocycles. The Kier molecular flexibility index (Phi) is 10.2. The van der Waals surface area contributed by atoms with Gasteiger partial charge in [0.15, 0.2) is 0 Å². The quantitative estimate of drug-likeness (QED) is 0.582. The van der Waals surface area contributed by atoms with Crippen LogP contribution in [0.3, 0.4) is 0 Å². The molecule has 0 spiro atoms. The molecule has 1 aromatic rings. The van der Waals surface area contributed by atoms with E-state index in [0.29, 0.717) is 0 Å². The largest absolute Gasteiger partial charge is 0.309 e. The second-order valence-corrected chi connectivity index (χ2v) is 7.61. The summed E-state index contributed by atoms with van der Waals surface area (Å²) in [5.41, 5.74) is 2.84. The molecule has 1 rings (SSSR count). The molecule has 0 aromatic heterocycles. The van der Waals surface area contributed by atoms with E-state index in [0.717, 1.165) is 39.3 Å². The van der Waals surface area contributed by atoms with Crippen LogP contribution in [0.1, 0.15) is 24.0 Å². The molecule has 0 fully saturated rings. The van der Waals surface area contributed by atoms with Gasteiger partial charge in [0, 0.05) is 13.1 Å². The van der Waals surface area contributed by atoms with Crippen molar-refractivity contribution in [3.05, 3.63) is 35.4 Å². The van der Waals surface area contributed by atoms with Crippen molar-refractivity contribution in [3.63, 3.8) is 0 Å². The molecular weight excluding hydrogens is 296 g/mol. The van der Waals surface area contributed by atoms with Gasteiger partial charge in [0.1, 0.15) is 0 Å². The Morgan fingerprint density at radius 2 is 1.04 bits per heavy atom. The van der Waals surface area contributed by atoms with Crippen LogP contribution >= 0.6 is 0 Å². The molecule has 0 radical (unpaired) electrons. The van der Waals surface area contributed by atoms with E-state index < -0.39 is 0 Å². The Balaban J connectivity index is 2.39. The summed E-state index contributed by atoms with van der Waals surface area (Å²) in [5.74, 6) is 0. The molecule has 4 nitrogen and oxygen atoms in total. The van der Waals surface area contributed by atoms with Gasteiger partial charge in [-0.05, 0) is 92.4 Å². The molecule has 0 atom stereocenters. The maximum absolute atomic E-state index is 2.42. The van der Waals surface area contributed by atoms with E-state index in [4.69, 9.17) is 0 Å². The highest BCUT2D eigenvalue weighted by molar-refractivity contribution is 5.23. The molecule has 24 heavy (non-hydrogen) atoms. The molecule has 0 amide bonds. The summed E-state index contributed by atoms with van der Waals surface area (Å²) in [7, 11) is 13.0. The zero-order valence-corrected chi connectivity index (χ0v) is 16.8. The fourth-order valence-corrected chi connectivity index (χ4v) is 2.92. The Bertz CT molecular complexity index is 408. The van der Waals surface area contributed by atoms with E-state index in [1.165, 1.54) is 24.0 Å². The van der Waals surface area contributed by atoms with Gasteiger partial charge in [0.05, 0.1) is 0 Å². The van der Waals surface area contributed by atoms with E-state index in [1.807, 2.05) is 0 Å². The fourth-order valence-electron chi connectivity index (χ4n) is 2.92. The molecule has 0 N–H and O–H groups in total. The zero-order chi connectivity index (χ0) is 17.9. The first-order valence-electron chi connectivity index (χ1n) is 9.11. The first-order valence-corrected chi connectivity index (χ1v) is 9.11. The van der Waals surface area contributed by atoms with Crippen molar-refractivity contribution in [3.8, 4) is 0 Å². The lowest BCUT2D eigenvalue weighted by atomic mass is 10.1. The number of nitrogens with zero attached hydrogens (tertiary/aromatic N) is 4. The second kappa shape index (κ2) is 11.6. The van der Waals surface area contributed by atoms with Crippen LogP contribution in [-0.4, -0.2) is 88.1 Å². The van der Waals surface area contributed by atoms with Gasteiger partial charge in [-0.15, -0.1) is 0 Å². The molecular formula is C20H38N4. The van der Waals surface area contributed by atoms with Crippen LogP contribution in [0.4, 0.5) is 0 Å². The maximum Gasteiger partial charge on any atom is 0.0230 e. The Morgan fingerprint density at radius 3 is 1.42 bits per heavy atom. The molecule has 0 heterocycles.